The first-order valence-electron chi connectivity index (χ1n) is 4.36. The molecule has 0 saturated carbocycles. The smallest absolute Gasteiger partial charge is 0.375 e. The van der Waals surface area contributed by atoms with E-state index in [0.29, 0.717) is 19.0 Å². The topological polar surface area (TPSA) is 77.2 Å². The summed E-state index contributed by atoms with van der Waals surface area (Å²) in [5.74, 6) is -0.791. The van der Waals surface area contributed by atoms with Crippen molar-refractivity contribution in [3.63, 3.8) is 0 Å². The molecule has 0 radical (unpaired) electrons. The molecule has 1 heterocycles. The van der Waals surface area contributed by atoms with Gasteiger partial charge in [0.15, 0.2) is 5.82 Å². The van der Waals surface area contributed by atoms with Crippen molar-refractivity contribution in [2.75, 3.05) is 6.61 Å². The van der Waals surface area contributed by atoms with E-state index < -0.39 is 5.97 Å². The van der Waals surface area contributed by atoms with Gasteiger partial charge in [0.05, 0.1) is 0 Å². The molecule has 0 aromatic carbocycles. The highest BCUT2D eigenvalue weighted by molar-refractivity contribution is 5.82. The quantitative estimate of drug-likeness (QED) is 0.696. The van der Waals surface area contributed by atoms with Crippen molar-refractivity contribution in [1.82, 2.24) is 14.8 Å². The molecule has 1 aromatic rings. The van der Waals surface area contributed by atoms with Crippen LogP contribution in [0.3, 0.4) is 0 Å². The second-order valence-corrected chi connectivity index (χ2v) is 2.83. The molecule has 78 valence electrons. The summed E-state index contributed by atoms with van der Waals surface area (Å²) in [4.78, 5) is 14.3. The van der Waals surface area contributed by atoms with Crippen LogP contribution in [0.15, 0.2) is 0 Å². The average molecular weight is 199 g/mol. The molecule has 1 aromatic heterocycles. The van der Waals surface area contributed by atoms with Crippen LogP contribution in [0.5, 0.6) is 0 Å². The Morgan fingerprint density at radius 1 is 1.64 bits per heavy atom. The van der Waals surface area contributed by atoms with Gasteiger partial charge in [0.25, 0.3) is 5.82 Å². The molecule has 0 amide bonds. The largest absolute Gasteiger partial charge is 0.475 e. The molecule has 14 heavy (non-hydrogen) atoms. The number of nitrogens with zero attached hydrogens (tertiary/aromatic N) is 3. The Morgan fingerprint density at radius 3 is 2.86 bits per heavy atom. The average Bonchev–Trinajstić information content (AvgIpc) is 2.49. The Labute approximate surface area is 81.5 Å². The van der Waals surface area contributed by atoms with Crippen molar-refractivity contribution < 1.29 is 14.6 Å². The number of aryl methyl sites for hydroxylation is 1. The maximum atomic E-state index is 10.5. The predicted molar refractivity (Wildman–Crippen MR) is 47.9 cm³/mol. The summed E-state index contributed by atoms with van der Waals surface area (Å²) >= 11 is 0. The molecule has 0 aliphatic heterocycles. The maximum absolute atomic E-state index is 10.5. The van der Waals surface area contributed by atoms with Gasteiger partial charge in [-0.3, -0.25) is 4.68 Å². The van der Waals surface area contributed by atoms with E-state index in [2.05, 4.69) is 10.1 Å². The molecule has 1 rings (SSSR count). The Hall–Kier alpha value is -1.43. The van der Waals surface area contributed by atoms with Crippen LogP contribution in [0.4, 0.5) is 0 Å². The minimum Gasteiger partial charge on any atom is -0.475 e. The molecule has 0 unspecified atom stereocenters. The lowest BCUT2D eigenvalue weighted by molar-refractivity contribution is 0.0683. The van der Waals surface area contributed by atoms with E-state index >= 15 is 0 Å². The van der Waals surface area contributed by atoms with Crippen molar-refractivity contribution >= 4 is 5.97 Å². The zero-order valence-electron chi connectivity index (χ0n) is 8.23. The normalized spacial score (nSPS) is 10.4. The van der Waals surface area contributed by atoms with Gasteiger partial charge in [-0.1, -0.05) is 6.92 Å². The summed E-state index contributed by atoms with van der Waals surface area (Å²) in [6.45, 7) is 2.93. The molecule has 0 atom stereocenters. The predicted octanol–water partition coefficient (Wildman–Crippen LogP) is 0.440. The molecular formula is C8H13N3O3. The number of aromatic carboxylic acids is 1. The van der Waals surface area contributed by atoms with Crippen molar-refractivity contribution in [2.45, 2.75) is 20.0 Å². The minimum absolute atomic E-state index is 0.192. The van der Waals surface area contributed by atoms with Gasteiger partial charge in [0.1, 0.15) is 6.61 Å². The van der Waals surface area contributed by atoms with Crippen molar-refractivity contribution in [2.24, 2.45) is 7.05 Å². The molecule has 0 fully saturated rings. The number of hydrogen-bond acceptors (Lipinski definition) is 4. The van der Waals surface area contributed by atoms with E-state index in [9.17, 15) is 4.79 Å². The van der Waals surface area contributed by atoms with Crippen LogP contribution in [0.1, 0.15) is 29.8 Å². The summed E-state index contributed by atoms with van der Waals surface area (Å²) in [5.41, 5.74) is 0. The van der Waals surface area contributed by atoms with Crippen LogP contribution in [-0.4, -0.2) is 32.4 Å². The lowest BCUT2D eigenvalue weighted by atomic mass is 10.5. The fraction of sp³-hybridized carbons (Fsp3) is 0.625. The molecule has 6 nitrogen and oxygen atoms in total. The highest BCUT2D eigenvalue weighted by atomic mass is 16.5. The number of carboxylic acids is 1. The fourth-order valence-electron chi connectivity index (χ4n) is 0.941. The number of ether oxygens (including phenoxy) is 1. The Balaban J connectivity index is 2.63. The van der Waals surface area contributed by atoms with Gasteiger partial charge >= 0.3 is 5.97 Å². The summed E-state index contributed by atoms with van der Waals surface area (Å²) in [7, 11) is 1.64. The number of carboxylic acid groups (broad SMARTS) is 1. The van der Waals surface area contributed by atoms with Gasteiger partial charge in [0.2, 0.25) is 0 Å². The zero-order valence-corrected chi connectivity index (χ0v) is 8.23. The number of hydrogen-bond donors (Lipinski definition) is 1. The summed E-state index contributed by atoms with van der Waals surface area (Å²) in [5, 5.41) is 12.3. The molecule has 0 bridgehead atoms. The molecule has 6 heteroatoms. The monoisotopic (exact) mass is 199 g/mol. The van der Waals surface area contributed by atoms with Crippen LogP contribution in [0.2, 0.25) is 0 Å². The van der Waals surface area contributed by atoms with Gasteiger partial charge in [-0.05, 0) is 6.42 Å². The Kier molecular flexibility index (Phi) is 3.58. The second kappa shape index (κ2) is 4.71. The zero-order chi connectivity index (χ0) is 10.6. The first-order valence-corrected chi connectivity index (χ1v) is 4.36. The molecule has 1 N–H and O–H groups in total. The van der Waals surface area contributed by atoms with Gasteiger partial charge in [-0.25, -0.2) is 9.78 Å². The Morgan fingerprint density at radius 2 is 2.36 bits per heavy atom. The van der Waals surface area contributed by atoms with Crippen LogP contribution in [-0.2, 0) is 18.4 Å². The minimum atomic E-state index is -1.12. The third kappa shape index (κ3) is 2.53. The molecule has 0 aliphatic carbocycles. The SMILES string of the molecule is CCCOCc1nc(C(=O)O)nn1C. The first-order chi connectivity index (χ1) is 6.65. The van der Waals surface area contributed by atoms with Crippen LogP contribution < -0.4 is 0 Å². The molecule has 0 spiro atoms. The highest BCUT2D eigenvalue weighted by Crippen LogP contribution is 1.99. The molecular weight excluding hydrogens is 186 g/mol. The van der Waals surface area contributed by atoms with Gasteiger partial charge in [0, 0.05) is 13.7 Å². The first kappa shape index (κ1) is 10.6. The van der Waals surface area contributed by atoms with E-state index in [-0.39, 0.29) is 5.82 Å². The van der Waals surface area contributed by atoms with Crippen molar-refractivity contribution in [1.29, 1.82) is 0 Å². The van der Waals surface area contributed by atoms with E-state index in [0.717, 1.165) is 6.42 Å². The Bertz CT molecular complexity index is 322. The maximum Gasteiger partial charge on any atom is 0.375 e. The van der Waals surface area contributed by atoms with Gasteiger partial charge in [-0.2, -0.15) is 0 Å². The van der Waals surface area contributed by atoms with Gasteiger partial charge in [-0.15, -0.1) is 5.10 Å². The lowest BCUT2D eigenvalue weighted by Crippen LogP contribution is -2.02. The van der Waals surface area contributed by atoms with Crippen molar-refractivity contribution in [3.8, 4) is 0 Å². The number of rotatable bonds is 5. The number of aromatic nitrogens is 3. The van der Waals surface area contributed by atoms with Crippen LogP contribution in [0.25, 0.3) is 0 Å². The number of carbonyl (C=O) groups is 1. The van der Waals surface area contributed by atoms with E-state index in [1.165, 1.54) is 4.68 Å². The van der Waals surface area contributed by atoms with E-state index in [4.69, 9.17) is 9.84 Å². The van der Waals surface area contributed by atoms with E-state index in [1.54, 1.807) is 7.05 Å². The fourth-order valence-corrected chi connectivity index (χ4v) is 0.941. The standard InChI is InChI=1S/C8H13N3O3/c1-3-4-14-5-6-9-7(8(12)13)10-11(6)2/h3-5H2,1-2H3,(H,12,13). The summed E-state index contributed by atoms with van der Waals surface area (Å²) < 4.78 is 6.64. The second-order valence-electron chi connectivity index (χ2n) is 2.83. The highest BCUT2D eigenvalue weighted by Gasteiger charge is 2.12. The van der Waals surface area contributed by atoms with Gasteiger partial charge < -0.3 is 9.84 Å². The molecule has 0 aliphatic rings. The van der Waals surface area contributed by atoms with Crippen LogP contribution in [0, 0.1) is 0 Å². The molecule has 0 saturated heterocycles. The van der Waals surface area contributed by atoms with Crippen LogP contribution >= 0.6 is 0 Å². The third-order valence-electron chi connectivity index (χ3n) is 1.62. The van der Waals surface area contributed by atoms with Crippen molar-refractivity contribution in [3.05, 3.63) is 11.6 Å². The summed E-state index contributed by atoms with van der Waals surface area (Å²) in [6.07, 6.45) is 0.920. The summed E-state index contributed by atoms with van der Waals surface area (Å²) in [6, 6.07) is 0. The van der Waals surface area contributed by atoms with E-state index in [1.807, 2.05) is 6.92 Å². The lowest BCUT2D eigenvalue weighted by Gasteiger charge is -2.00. The third-order valence-corrected chi connectivity index (χ3v) is 1.62.